The molecule has 0 bridgehead atoms. The molecule has 1 aromatic carbocycles. The fraction of sp³-hybridized carbons (Fsp3) is 0.385. The van der Waals surface area contributed by atoms with Crippen molar-refractivity contribution in [3.63, 3.8) is 0 Å². The highest BCUT2D eigenvalue weighted by atomic mass is 16.3. The summed E-state index contributed by atoms with van der Waals surface area (Å²) in [6, 6.07) is 9.74. The van der Waals surface area contributed by atoms with Gasteiger partial charge in [0.25, 0.3) is 0 Å². The Bertz CT molecular complexity index is 277. The summed E-state index contributed by atoms with van der Waals surface area (Å²) in [6.07, 6.45) is 1.40. The van der Waals surface area contributed by atoms with Crippen LogP contribution in [0.2, 0.25) is 0 Å². The van der Waals surface area contributed by atoms with Crippen molar-refractivity contribution < 1.29 is 5.11 Å². The van der Waals surface area contributed by atoms with Gasteiger partial charge in [-0.25, -0.2) is 0 Å². The second kappa shape index (κ2) is 4.97. The molecule has 1 N–H and O–H groups in total. The predicted molar refractivity (Wildman–Crippen MR) is 59.9 cm³/mol. The van der Waals surface area contributed by atoms with Crippen molar-refractivity contribution in [1.29, 1.82) is 0 Å². The first-order valence-corrected chi connectivity index (χ1v) is 5.02. The van der Waals surface area contributed by atoms with E-state index >= 15 is 0 Å². The Balaban J connectivity index is 2.83. The average Bonchev–Trinajstić information content (AvgIpc) is 2.19. The Morgan fingerprint density at radius 1 is 1.21 bits per heavy atom. The summed E-state index contributed by atoms with van der Waals surface area (Å²) in [5.41, 5.74) is 0.964. The topological polar surface area (TPSA) is 20.2 Å². The number of aliphatic hydroxyl groups is 1. The number of hydrogen-bond donors (Lipinski definition) is 1. The van der Waals surface area contributed by atoms with Gasteiger partial charge in [0.05, 0.1) is 6.10 Å². The molecule has 76 valence electrons. The largest absolute Gasteiger partial charge is 0.388 e. The minimum absolute atomic E-state index is 0.123. The molecule has 1 heteroatoms. The molecule has 0 aliphatic heterocycles. The Morgan fingerprint density at radius 2 is 1.79 bits per heavy atom. The zero-order valence-electron chi connectivity index (χ0n) is 8.85. The second-order valence-electron chi connectivity index (χ2n) is 3.91. The van der Waals surface area contributed by atoms with Crippen LogP contribution >= 0.6 is 0 Å². The number of rotatable bonds is 4. The second-order valence-corrected chi connectivity index (χ2v) is 3.91. The predicted octanol–water partition coefficient (Wildman–Crippen LogP) is 3.18. The standard InChI is InChI=1S/C13H18O/c1-4-12(10(2)3)13(14)11-8-6-5-7-9-11/h4-10,12-14H,1H2,2-3H3/t12-,13-/m0/s1. The van der Waals surface area contributed by atoms with Crippen molar-refractivity contribution >= 4 is 0 Å². The van der Waals surface area contributed by atoms with Gasteiger partial charge >= 0.3 is 0 Å². The third kappa shape index (κ3) is 2.46. The van der Waals surface area contributed by atoms with E-state index in [4.69, 9.17) is 0 Å². The van der Waals surface area contributed by atoms with Gasteiger partial charge in [-0.2, -0.15) is 0 Å². The zero-order valence-corrected chi connectivity index (χ0v) is 8.85. The summed E-state index contributed by atoms with van der Waals surface area (Å²) >= 11 is 0. The molecule has 14 heavy (non-hydrogen) atoms. The molecule has 2 atom stereocenters. The van der Waals surface area contributed by atoms with Gasteiger partial charge in [0, 0.05) is 5.92 Å². The van der Waals surface area contributed by atoms with Gasteiger partial charge in [-0.05, 0) is 11.5 Å². The van der Waals surface area contributed by atoms with E-state index in [1.165, 1.54) is 0 Å². The molecule has 1 rings (SSSR count). The molecular weight excluding hydrogens is 172 g/mol. The third-order valence-electron chi connectivity index (χ3n) is 2.55. The van der Waals surface area contributed by atoms with E-state index in [9.17, 15) is 5.11 Å². The van der Waals surface area contributed by atoms with Crippen LogP contribution in [0.25, 0.3) is 0 Å². The van der Waals surface area contributed by atoms with Gasteiger partial charge in [0.15, 0.2) is 0 Å². The molecule has 0 heterocycles. The number of aliphatic hydroxyl groups excluding tert-OH is 1. The van der Waals surface area contributed by atoms with E-state index in [1.807, 2.05) is 36.4 Å². The molecule has 0 amide bonds. The molecule has 0 radical (unpaired) electrons. The lowest BCUT2D eigenvalue weighted by atomic mass is 9.87. The van der Waals surface area contributed by atoms with E-state index in [2.05, 4.69) is 20.4 Å². The van der Waals surface area contributed by atoms with E-state index in [-0.39, 0.29) is 5.92 Å². The molecule has 0 aromatic heterocycles. The minimum atomic E-state index is -0.436. The molecule has 0 unspecified atom stereocenters. The lowest BCUT2D eigenvalue weighted by Gasteiger charge is -2.23. The fourth-order valence-electron chi connectivity index (χ4n) is 1.64. The quantitative estimate of drug-likeness (QED) is 0.723. The first-order valence-electron chi connectivity index (χ1n) is 5.02. The molecule has 1 nitrogen and oxygen atoms in total. The summed E-state index contributed by atoms with van der Waals surface area (Å²) in [4.78, 5) is 0. The minimum Gasteiger partial charge on any atom is -0.388 e. The highest BCUT2D eigenvalue weighted by molar-refractivity contribution is 5.19. The highest BCUT2D eigenvalue weighted by Crippen LogP contribution is 2.28. The average molecular weight is 190 g/mol. The van der Waals surface area contributed by atoms with Gasteiger partial charge in [-0.3, -0.25) is 0 Å². The van der Waals surface area contributed by atoms with Crippen molar-refractivity contribution in [2.45, 2.75) is 20.0 Å². The van der Waals surface area contributed by atoms with Crippen LogP contribution in [-0.2, 0) is 0 Å². The van der Waals surface area contributed by atoms with Crippen molar-refractivity contribution in [2.24, 2.45) is 11.8 Å². The van der Waals surface area contributed by atoms with Crippen molar-refractivity contribution in [2.75, 3.05) is 0 Å². The van der Waals surface area contributed by atoms with Crippen LogP contribution in [0.3, 0.4) is 0 Å². The summed E-state index contributed by atoms with van der Waals surface area (Å²) in [5.74, 6) is 0.528. The van der Waals surface area contributed by atoms with Gasteiger partial charge in [-0.15, -0.1) is 6.58 Å². The van der Waals surface area contributed by atoms with E-state index in [0.29, 0.717) is 5.92 Å². The Morgan fingerprint density at radius 3 is 2.21 bits per heavy atom. The van der Waals surface area contributed by atoms with E-state index in [0.717, 1.165) is 5.56 Å². The van der Waals surface area contributed by atoms with Crippen LogP contribution in [-0.4, -0.2) is 5.11 Å². The zero-order chi connectivity index (χ0) is 10.6. The van der Waals surface area contributed by atoms with Crippen LogP contribution in [0, 0.1) is 11.8 Å². The molecule has 0 saturated carbocycles. The summed E-state index contributed by atoms with van der Waals surface area (Å²) in [7, 11) is 0. The molecular formula is C13H18O. The normalized spacial score (nSPS) is 15.1. The van der Waals surface area contributed by atoms with Crippen LogP contribution in [0.1, 0.15) is 25.5 Å². The van der Waals surface area contributed by atoms with Crippen molar-refractivity contribution in [3.8, 4) is 0 Å². The monoisotopic (exact) mass is 190 g/mol. The SMILES string of the molecule is C=C[C@@H](C(C)C)[C@@H](O)c1ccccc1. The van der Waals surface area contributed by atoms with E-state index in [1.54, 1.807) is 0 Å². The molecule has 0 fully saturated rings. The van der Waals surface area contributed by atoms with Gasteiger partial charge in [0.1, 0.15) is 0 Å². The lowest BCUT2D eigenvalue weighted by Crippen LogP contribution is -2.15. The third-order valence-corrected chi connectivity index (χ3v) is 2.55. The van der Waals surface area contributed by atoms with Crippen LogP contribution in [0.5, 0.6) is 0 Å². The maximum atomic E-state index is 10.1. The first-order chi connectivity index (χ1) is 6.66. The molecule has 0 spiro atoms. The lowest BCUT2D eigenvalue weighted by molar-refractivity contribution is 0.108. The van der Waals surface area contributed by atoms with Gasteiger partial charge < -0.3 is 5.11 Å². The maximum absolute atomic E-state index is 10.1. The van der Waals surface area contributed by atoms with Crippen molar-refractivity contribution in [1.82, 2.24) is 0 Å². The number of hydrogen-bond acceptors (Lipinski definition) is 1. The van der Waals surface area contributed by atoms with Gasteiger partial charge in [0.2, 0.25) is 0 Å². The molecule has 0 aliphatic rings. The molecule has 1 aromatic rings. The molecule has 0 aliphatic carbocycles. The molecule has 0 saturated heterocycles. The maximum Gasteiger partial charge on any atom is 0.0854 e. The number of benzene rings is 1. The van der Waals surface area contributed by atoms with Crippen molar-refractivity contribution in [3.05, 3.63) is 48.6 Å². The van der Waals surface area contributed by atoms with Gasteiger partial charge in [-0.1, -0.05) is 50.3 Å². The van der Waals surface area contributed by atoms with E-state index < -0.39 is 6.10 Å². The smallest absolute Gasteiger partial charge is 0.0854 e. The van der Waals surface area contributed by atoms with Crippen LogP contribution in [0.15, 0.2) is 43.0 Å². The Kier molecular flexibility index (Phi) is 3.90. The summed E-state index contributed by atoms with van der Waals surface area (Å²) < 4.78 is 0. The Labute approximate surface area is 86.1 Å². The summed E-state index contributed by atoms with van der Waals surface area (Å²) in [6.45, 7) is 7.96. The first kappa shape index (κ1) is 11.0. The Hall–Kier alpha value is -1.08. The van der Waals surface area contributed by atoms with Crippen LogP contribution in [0.4, 0.5) is 0 Å². The summed E-state index contributed by atoms with van der Waals surface area (Å²) in [5, 5.41) is 10.1. The fourth-order valence-corrected chi connectivity index (χ4v) is 1.64. The highest BCUT2D eigenvalue weighted by Gasteiger charge is 2.20. The van der Waals surface area contributed by atoms with Crippen LogP contribution < -0.4 is 0 Å².